The number of hydrogen-bond donors (Lipinski definition) is 1. The predicted molar refractivity (Wildman–Crippen MR) is 110 cm³/mol. The van der Waals surface area contributed by atoms with Crippen LogP contribution in [0.15, 0.2) is 60.7 Å². The molecule has 0 radical (unpaired) electrons. The molecule has 0 saturated carbocycles. The van der Waals surface area contributed by atoms with Crippen molar-refractivity contribution in [1.82, 2.24) is 0 Å². The molecule has 1 aliphatic rings. The molecule has 2 atom stereocenters. The molecule has 5 heteroatoms. The molecule has 3 aromatic rings. The van der Waals surface area contributed by atoms with Crippen LogP contribution in [0.2, 0.25) is 0 Å². The quantitative estimate of drug-likeness (QED) is 0.623. The molecule has 3 aromatic carbocycles. The maximum atomic E-state index is 10.5. The Balaban J connectivity index is 1.57. The van der Waals surface area contributed by atoms with Crippen molar-refractivity contribution in [3.05, 3.63) is 77.4 Å². The van der Waals surface area contributed by atoms with Crippen LogP contribution in [0.4, 0.5) is 0 Å². The zero-order valence-electron chi connectivity index (χ0n) is 16.7. The molecule has 1 aliphatic heterocycles. The maximum absolute atomic E-state index is 10.5. The van der Waals surface area contributed by atoms with Gasteiger partial charge < -0.3 is 24.1 Å². The average Bonchev–Trinajstić information content (AvgIpc) is 3.07. The highest BCUT2D eigenvalue weighted by Crippen LogP contribution is 2.50. The molecule has 0 aromatic heterocycles. The molecule has 0 spiro atoms. The smallest absolute Gasteiger partial charge is 0.165 e. The van der Waals surface area contributed by atoms with E-state index in [0.29, 0.717) is 23.9 Å². The number of fused-ring (bicyclic) bond motifs is 1. The van der Waals surface area contributed by atoms with Gasteiger partial charge in [-0.25, -0.2) is 0 Å². The van der Waals surface area contributed by atoms with Crippen LogP contribution in [0.5, 0.6) is 28.7 Å². The Bertz CT molecular complexity index is 1000. The third kappa shape index (κ3) is 3.68. The molecule has 4 rings (SSSR count). The highest BCUT2D eigenvalue weighted by molar-refractivity contribution is 5.55. The van der Waals surface area contributed by atoms with Crippen molar-refractivity contribution in [3.63, 3.8) is 0 Å². The van der Waals surface area contributed by atoms with E-state index in [1.807, 2.05) is 48.5 Å². The number of benzene rings is 3. The van der Waals surface area contributed by atoms with Crippen molar-refractivity contribution in [3.8, 4) is 28.7 Å². The van der Waals surface area contributed by atoms with Gasteiger partial charge in [0.05, 0.1) is 14.2 Å². The first kappa shape index (κ1) is 19.0. The first-order chi connectivity index (χ1) is 14.1. The highest BCUT2D eigenvalue weighted by atomic mass is 16.5. The van der Waals surface area contributed by atoms with Gasteiger partial charge in [-0.05, 0) is 29.3 Å². The van der Waals surface area contributed by atoms with Crippen LogP contribution in [0.1, 0.15) is 35.6 Å². The summed E-state index contributed by atoms with van der Waals surface area (Å²) in [4.78, 5) is 0. The van der Waals surface area contributed by atoms with Gasteiger partial charge in [0.15, 0.2) is 23.0 Å². The minimum absolute atomic E-state index is 0.0668. The molecule has 1 heterocycles. The summed E-state index contributed by atoms with van der Waals surface area (Å²) < 4.78 is 22.8. The van der Waals surface area contributed by atoms with E-state index in [1.54, 1.807) is 26.4 Å². The Morgan fingerprint density at radius 1 is 0.897 bits per heavy atom. The lowest BCUT2D eigenvalue weighted by Gasteiger charge is -2.17. The van der Waals surface area contributed by atoms with Gasteiger partial charge in [0.2, 0.25) is 0 Å². The Labute approximate surface area is 170 Å². The van der Waals surface area contributed by atoms with E-state index in [4.69, 9.17) is 18.9 Å². The van der Waals surface area contributed by atoms with Crippen molar-refractivity contribution in [1.29, 1.82) is 0 Å². The summed E-state index contributed by atoms with van der Waals surface area (Å²) in [5.74, 6) is 2.64. The van der Waals surface area contributed by atoms with E-state index in [-0.39, 0.29) is 17.8 Å². The number of methoxy groups -OCH3 is 2. The zero-order valence-corrected chi connectivity index (χ0v) is 16.7. The van der Waals surface area contributed by atoms with E-state index in [1.165, 1.54) is 0 Å². The standard InChI is InChI=1S/C24H24O5/c1-15-18-12-19(25)22(28-14-16-7-5-4-6-8-16)13-21(18)29-24(15)17-9-10-20(26-2)23(11-17)27-3/h4-13,15,24-25H,14H2,1-3H3/t15-,24-/m0/s1. The van der Waals surface area contributed by atoms with Crippen LogP contribution in [0.3, 0.4) is 0 Å². The molecular weight excluding hydrogens is 368 g/mol. The number of aromatic hydroxyl groups is 1. The second-order valence-electron chi connectivity index (χ2n) is 7.07. The number of phenols is 1. The fourth-order valence-corrected chi connectivity index (χ4v) is 3.66. The normalized spacial score (nSPS) is 17.3. The molecule has 0 unspecified atom stereocenters. The Hall–Kier alpha value is -3.34. The number of phenolic OH excluding ortho intramolecular Hbond substituents is 1. The van der Waals surface area contributed by atoms with E-state index >= 15 is 0 Å². The first-order valence-corrected chi connectivity index (χ1v) is 9.53. The van der Waals surface area contributed by atoms with Gasteiger partial charge in [-0.3, -0.25) is 0 Å². The van der Waals surface area contributed by atoms with Gasteiger partial charge in [0.25, 0.3) is 0 Å². The lowest BCUT2D eigenvalue weighted by atomic mass is 9.92. The van der Waals surface area contributed by atoms with Gasteiger partial charge in [-0.15, -0.1) is 0 Å². The summed E-state index contributed by atoms with van der Waals surface area (Å²) in [7, 11) is 3.23. The highest BCUT2D eigenvalue weighted by Gasteiger charge is 2.34. The van der Waals surface area contributed by atoms with Crippen LogP contribution in [0.25, 0.3) is 0 Å². The Morgan fingerprint density at radius 2 is 1.66 bits per heavy atom. The van der Waals surface area contributed by atoms with Crippen LogP contribution >= 0.6 is 0 Å². The van der Waals surface area contributed by atoms with E-state index in [9.17, 15) is 5.11 Å². The van der Waals surface area contributed by atoms with E-state index < -0.39 is 0 Å². The van der Waals surface area contributed by atoms with Gasteiger partial charge >= 0.3 is 0 Å². The summed E-state index contributed by atoms with van der Waals surface area (Å²) >= 11 is 0. The molecule has 5 nitrogen and oxygen atoms in total. The van der Waals surface area contributed by atoms with Crippen LogP contribution in [-0.2, 0) is 6.61 Å². The Kier molecular flexibility index (Phi) is 5.21. The summed E-state index contributed by atoms with van der Waals surface area (Å²) in [6.07, 6.45) is -0.187. The van der Waals surface area contributed by atoms with Crippen LogP contribution in [0, 0.1) is 0 Å². The van der Waals surface area contributed by atoms with Crippen molar-refractivity contribution in [2.75, 3.05) is 14.2 Å². The average molecular weight is 392 g/mol. The largest absolute Gasteiger partial charge is 0.504 e. The lowest BCUT2D eigenvalue weighted by Crippen LogP contribution is -2.07. The van der Waals surface area contributed by atoms with Gasteiger partial charge in [-0.1, -0.05) is 43.3 Å². The second kappa shape index (κ2) is 7.95. The maximum Gasteiger partial charge on any atom is 0.165 e. The van der Waals surface area contributed by atoms with Crippen molar-refractivity contribution >= 4 is 0 Å². The summed E-state index contributed by atoms with van der Waals surface area (Å²) in [6, 6.07) is 19.1. The Morgan fingerprint density at radius 3 is 2.38 bits per heavy atom. The molecule has 0 aliphatic carbocycles. The van der Waals surface area contributed by atoms with Crippen molar-refractivity contribution < 1.29 is 24.1 Å². The molecule has 0 saturated heterocycles. The van der Waals surface area contributed by atoms with Crippen LogP contribution in [-0.4, -0.2) is 19.3 Å². The summed E-state index contributed by atoms with van der Waals surface area (Å²) in [6.45, 7) is 2.46. The van der Waals surface area contributed by atoms with Crippen molar-refractivity contribution in [2.45, 2.75) is 25.6 Å². The van der Waals surface area contributed by atoms with E-state index in [0.717, 1.165) is 22.4 Å². The van der Waals surface area contributed by atoms with Gasteiger partial charge in [-0.2, -0.15) is 0 Å². The first-order valence-electron chi connectivity index (χ1n) is 9.53. The predicted octanol–water partition coefficient (Wildman–Crippen LogP) is 5.23. The number of rotatable bonds is 6. The molecule has 0 fully saturated rings. The summed E-state index contributed by atoms with van der Waals surface area (Å²) in [5.41, 5.74) is 2.97. The second-order valence-corrected chi connectivity index (χ2v) is 7.07. The monoisotopic (exact) mass is 392 g/mol. The molecule has 29 heavy (non-hydrogen) atoms. The molecule has 0 bridgehead atoms. The van der Waals surface area contributed by atoms with Gasteiger partial charge in [0, 0.05) is 17.5 Å². The minimum atomic E-state index is -0.187. The minimum Gasteiger partial charge on any atom is -0.504 e. The van der Waals surface area contributed by atoms with Crippen molar-refractivity contribution in [2.24, 2.45) is 0 Å². The zero-order chi connectivity index (χ0) is 20.4. The summed E-state index contributed by atoms with van der Waals surface area (Å²) in [5, 5.41) is 10.5. The third-order valence-electron chi connectivity index (χ3n) is 5.26. The number of hydrogen-bond acceptors (Lipinski definition) is 5. The lowest BCUT2D eigenvalue weighted by molar-refractivity contribution is 0.213. The molecule has 0 amide bonds. The SMILES string of the molecule is COc1ccc([C@H]2Oc3cc(OCc4ccccc4)c(O)cc3[C@@H]2C)cc1OC. The molecular formula is C24H24O5. The number of ether oxygens (including phenoxy) is 4. The third-order valence-corrected chi connectivity index (χ3v) is 5.26. The molecule has 150 valence electrons. The fraction of sp³-hybridized carbons (Fsp3) is 0.250. The van der Waals surface area contributed by atoms with E-state index in [2.05, 4.69) is 6.92 Å². The topological polar surface area (TPSA) is 57.2 Å². The van der Waals surface area contributed by atoms with Gasteiger partial charge in [0.1, 0.15) is 18.5 Å². The van der Waals surface area contributed by atoms with Crippen LogP contribution < -0.4 is 18.9 Å². The molecule has 1 N–H and O–H groups in total. The fourth-order valence-electron chi connectivity index (χ4n) is 3.66.